The van der Waals surface area contributed by atoms with Gasteiger partial charge in [0.05, 0.1) is 5.69 Å². The van der Waals surface area contributed by atoms with Crippen molar-refractivity contribution in [3.05, 3.63) is 17.0 Å². The fourth-order valence-electron chi connectivity index (χ4n) is 2.52. The smallest absolute Gasteiger partial charge is 0.138 e. The van der Waals surface area contributed by atoms with Gasteiger partial charge in [0.1, 0.15) is 5.76 Å². The standard InChI is InChI=1S/C13H23N3O/c1-10-13(11(2)17-15-10)9-14-8-12-6-4-5-7-16(12)3/h12,14H,4-9H2,1-3H3. The summed E-state index contributed by atoms with van der Waals surface area (Å²) in [5.74, 6) is 0.937. The van der Waals surface area contributed by atoms with Crippen molar-refractivity contribution >= 4 is 0 Å². The molecular formula is C13H23N3O. The SMILES string of the molecule is Cc1noc(C)c1CNCC1CCCCN1C. The number of piperidine rings is 1. The number of hydrogen-bond acceptors (Lipinski definition) is 4. The molecule has 96 valence electrons. The number of rotatable bonds is 4. The van der Waals surface area contributed by atoms with Crippen molar-refractivity contribution < 1.29 is 4.52 Å². The fraction of sp³-hybridized carbons (Fsp3) is 0.769. The van der Waals surface area contributed by atoms with Gasteiger partial charge >= 0.3 is 0 Å². The summed E-state index contributed by atoms with van der Waals surface area (Å²) in [6, 6.07) is 0.684. The number of aryl methyl sites for hydroxylation is 2. The van der Waals surface area contributed by atoms with Crippen LogP contribution in [-0.2, 0) is 6.54 Å². The van der Waals surface area contributed by atoms with E-state index in [0.29, 0.717) is 6.04 Å². The Kier molecular flexibility index (Phi) is 4.18. The monoisotopic (exact) mass is 237 g/mol. The molecule has 1 aromatic rings. The van der Waals surface area contributed by atoms with Crippen LogP contribution in [-0.4, -0.2) is 36.2 Å². The second kappa shape index (κ2) is 5.65. The van der Waals surface area contributed by atoms with Crippen LogP contribution in [0.15, 0.2) is 4.52 Å². The van der Waals surface area contributed by atoms with Crippen molar-refractivity contribution in [2.24, 2.45) is 0 Å². The minimum Gasteiger partial charge on any atom is -0.361 e. The van der Waals surface area contributed by atoms with E-state index < -0.39 is 0 Å². The molecule has 0 aliphatic carbocycles. The Bertz CT molecular complexity index is 342. The molecule has 1 fully saturated rings. The molecule has 1 saturated heterocycles. The lowest BCUT2D eigenvalue weighted by Gasteiger charge is -2.32. The summed E-state index contributed by atoms with van der Waals surface area (Å²) in [6.45, 7) is 7.13. The largest absolute Gasteiger partial charge is 0.361 e. The van der Waals surface area contributed by atoms with Crippen LogP contribution in [0.2, 0.25) is 0 Å². The van der Waals surface area contributed by atoms with Gasteiger partial charge in [0, 0.05) is 24.7 Å². The van der Waals surface area contributed by atoms with E-state index >= 15 is 0 Å². The Labute approximate surface area is 103 Å². The zero-order chi connectivity index (χ0) is 12.3. The highest BCUT2D eigenvalue weighted by Crippen LogP contribution is 2.15. The Morgan fingerprint density at radius 1 is 1.41 bits per heavy atom. The molecule has 2 heterocycles. The number of nitrogens with one attached hydrogen (secondary N) is 1. The maximum absolute atomic E-state index is 5.16. The third-order valence-corrected chi connectivity index (χ3v) is 3.78. The van der Waals surface area contributed by atoms with E-state index in [1.54, 1.807) is 0 Å². The van der Waals surface area contributed by atoms with E-state index in [0.717, 1.165) is 24.5 Å². The van der Waals surface area contributed by atoms with Crippen molar-refractivity contribution in [1.29, 1.82) is 0 Å². The van der Waals surface area contributed by atoms with Crippen LogP contribution in [0.1, 0.15) is 36.3 Å². The van der Waals surface area contributed by atoms with E-state index in [9.17, 15) is 0 Å². The molecule has 0 saturated carbocycles. The van der Waals surface area contributed by atoms with Gasteiger partial charge in [-0.1, -0.05) is 11.6 Å². The van der Waals surface area contributed by atoms with Gasteiger partial charge in [0.2, 0.25) is 0 Å². The highest BCUT2D eigenvalue weighted by Gasteiger charge is 2.18. The summed E-state index contributed by atoms with van der Waals surface area (Å²) in [7, 11) is 2.22. The van der Waals surface area contributed by atoms with Gasteiger partial charge in [-0.2, -0.15) is 0 Å². The van der Waals surface area contributed by atoms with Crippen LogP contribution in [0, 0.1) is 13.8 Å². The molecular weight excluding hydrogens is 214 g/mol. The topological polar surface area (TPSA) is 41.3 Å². The normalized spacial score (nSPS) is 21.9. The zero-order valence-corrected chi connectivity index (χ0v) is 11.1. The van der Waals surface area contributed by atoms with E-state index in [1.807, 2.05) is 13.8 Å². The summed E-state index contributed by atoms with van der Waals surface area (Å²) in [5, 5.41) is 7.50. The molecule has 0 spiro atoms. The lowest BCUT2D eigenvalue weighted by molar-refractivity contribution is 0.181. The highest BCUT2D eigenvalue weighted by molar-refractivity contribution is 5.20. The quantitative estimate of drug-likeness (QED) is 0.868. The van der Waals surface area contributed by atoms with Gasteiger partial charge in [-0.05, 0) is 40.3 Å². The van der Waals surface area contributed by atoms with E-state index in [4.69, 9.17) is 4.52 Å². The molecule has 2 rings (SSSR count). The Morgan fingerprint density at radius 2 is 2.24 bits per heavy atom. The Hall–Kier alpha value is -0.870. The van der Waals surface area contributed by atoms with Crippen LogP contribution < -0.4 is 5.32 Å². The molecule has 0 bridgehead atoms. The number of nitrogens with zero attached hydrogens (tertiary/aromatic N) is 2. The molecule has 1 atom stereocenters. The van der Waals surface area contributed by atoms with Crippen LogP contribution >= 0.6 is 0 Å². The molecule has 1 aliphatic rings. The lowest BCUT2D eigenvalue weighted by Crippen LogP contribution is -2.42. The Balaban J connectivity index is 1.79. The van der Waals surface area contributed by atoms with Gasteiger partial charge in [0.25, 0.3) is 0 Å². The lowest BCUT2D eigenvalue weighted by atomic mass is 10.0. The molecule has 1 N–H and O–H groups in total. The molecule has 17 heavy (non-hydrogen) atoms. The zero-order valence-electron chi connectivity index (χ0n) is 11.1. The van der Waals surface area contributed by atoms with Crippen molar-refractivity contribution in [1.82, 2.24) is 15.4 Å². The number of aromatic nitrogens is 1. The fourth-order valence-corrected chi connectivity index (χ4v) is 2.52. The van der Waals surface area contributed by atoms with Gasteiger partial charge < -0.3 is 14.7 Å². The predicted octanol–water partition coefficient (Wildman–Crippen LogP) is 1.87. The molecule has 4 heteroatoms. The van der Waals surface area contributed by atoms with Crippen LogP contribution in [0.4, 0.5) is 0 Å². The van der Waals surface area contributed by atoms with Gasteiger partial charge in [0.15, 0.2) is 0 Å². The molecule has 0 radical (unpaired) electrons. The summed E-state index contributed by atoms with van der Waals surface area (Å²) in [5.41, 5.74) is 2.22. The average Bonchev–Trinajstić information content (AvgIpc) is 2.63. The van der Waals surface area contributed by atoms with Crippen molar-refractivity contribution in [3.63, 3.8) is 0 Å². The predicted molar refractivity (Wildman–Crippen MR) is 68.0 cm³/mol. The number of likely N-dealkylation sites (tertiary alicyclic amines) is 1. The van der Waals surface area contributed by atoms with Crippen LogP contribution in [0.3, 0.4) is 0 Å². The van der Waals surface area contributed by atoms with Gasteiger partial charge in [-0.15, -0.1) is 0 Å². The first kappa shape index (κ1) is 12.6. The molecule has 1 unspecified atom stereocenters. The van der Waals surface area contributed by atoms with Crippen LogP contribution in [0.25, 0.3) is 0 Å². The first-order valence-corrected chi connectivity index (χ1v) is 6.51. The van der Waals surface area contributed by atoms with E-state index in [2.05, 4.69) is 22.4 Å². The maximum atomic E-state index is 5.16. The molecule has 4 nitrogen and oxygen atoms in total. The molecule has 0 amide bonds. The number of hydrogen-bond donors (Lipinski definition) is 1. The molecule has 1 aliphatic heterocycles. The molecule has 1 aromatic heterocycles. The number of likely N-dealkylation sites (N-methyl/N-ethyl adjacent to an activating group) is 1. The van der Waals surface area contributed by atoms with Crippen LogP contribution in [0.5, 0.6) is 0 Å². The van der Waals surface area contributed by atoms with Crippen molar-refractivity contribution in [2.45, 2.75) is 45.7 Å². The first-order chi connectivity index (χ1) is 8.18. The minimum atomic E-state index is 0.684. The first-order valence-electron chi connectivity index (χ1n) is 6.51. The van der Waals surface area contributed by atoms with Crippen molar-refractivity contribution in [3.8, 4) is 0 Å². The summed E-state index contributed by atoms with van der Waals surface area (Å²) in [6.07, 6.45) is 4.02. The second-order valence-electron chi connectivity index (χ2n) is 5.06. The third kappa shape index (κ3) is 3.07. The summed E-state index contributed by atoms with van der Waals surface area (Å²) >= 11 is 0. The average molecular weight is 237 g/mol. The van der Waals surface area contributed by atoms with E-state index in [-0.39, 0.29) is 0 Å². The highest BCUT2D eigenvalue weighted by atomic mass is 16.5. The Morgan fingerprint density at radius 3 is 2.88 bits per heavy atom. The van der Waals surface area contributed by atoms with E-state index in [1.165, 1.54) is 31.4 Å². The molecule has 0 aromatic carbocycles. The van der Waals surface area contributed by atoms with Gasteiger partial charge in [-0.25, -0.2) is 0 Å². The summed E-state index contributed by atoms with van der Waals surface area (Å²) < 4.78 is 5.16. The maximum Gasteiger partial charge on any atom is 0.138 e. The third-order valence-electron chi connectivity index (χ3n) is 3.78. The van der Waals surface area contributed by atoms with Gasteiger partial charge in [-0.3, -0.25) is 0 Å². The second-order valence-corrected chi connectivity index (χ2v) is 5.06. The minimum absolute atomic E-state index is 0.684. The summed E-state index contributed by atoms with van der Waals surface area (Å²) in [4.78, 5) is 2.46. The van der Waals surface area contributed by atoms with Crippen molar-refractivity contribution in [2.75, 3.05) is 20.1 Å².